The summed E-state index contributed by atoms with van der Waals surface area (Å²) in [6, 6.07) is -1.62. The average Bonchev–Trinajstić information content (AvgIpc) is 1.98. The minimum absolute atomic E-state index is 0.0706. The second-order valence-electron chi connectivity index (χ2n) is 3.13. The van der Waals surface area contributed by atoms with Crippen LogP contribution in [0.5, 0.6) is 0 Å². The molecule has 1 unspecified atom stereocenters. The van der Waals surface area contributed by atoms with Gasteiger partial charge in [-0.25, -0.2) is 0 Å². The highest BCUT2D eigenvalue weighted by Gasteiger charge is 2.59. The van der Waals surface area contributed by atoms with Gasteiger partial charge in [0.1, 0.15) is 0 Å². The van der Waals surface area contributed by atoms with Crippen molar-refractivity contribution in [1.82, 2.24) is 5.32 Å². The molecule has 0 aliphatic heterocycles. The van der Waals surface area contributed by atoms with E-state index in [1.807, 2.05) is 0 Å². The van der Waals surface area contributed by atoms with E-state index < -0.39 is 24.3 Å². The summed E-state index contributed by atoms with van der Waals surface area (Å²) < 4.78 is 73.3. The Morgan fingerprint density at radius 1 is 0.933 bits per heavy atom. The summed E-state index contributed by atoms with van der Waals surface area (Å²) in [5.74, 6) is -3.30. The summed E-state index contributed by atoms with van der Waals surface area (Å²) >= 11 is 0. The Morgan fingerprint density at radius 3 is 1.53 bits per heavy atom. The minimum atomic E-state index is -5.26. The Hall–Kier alpha value is -0.460. The smallest absolute Gasteiger partial charge is 0.313 e. The van der Waals surface area contributed by atoms with Gasteiger partial charge in [0.2, 0.25) is 0 Å². The second kappa shape index (κ2) is 5.05. The van der Waals surface area contributed by atoms with E-state index in [0.717, 1.165) is 0 Å². The van der Waals surface area contributed by atoms with Gasteiger partial charge in [-0.05, 0) is 13.0 Å². The van der Waals surface area contributed by atoms with E-state index in [2.05, 4.69) is 5.32 Å². The van der Waals surface area contributed by atoms with Crippen LogP contribution >= 0.6 is 0 Å². The SMILES string of the molecule is CCNC(CC)C(C(F)(F)F)C(F)(F)F. The molecule has 0 radical (unpaired) electrons. The molecule has 7 heteroatoms. The highest BCUT2D eigenvalue weighted by molar-refractivity contribution is 4.86. The maximum Gasteiger partial charge on any atom is 0.401 e. The Morgan fingerprint density at radius 2 is 1.33 bits per heavy atom. The molecule has 92 valence electrons. The monoisotopic (exact) mass is 237 g/mol. The molecule has 1 nitrogen and oxygen atoms in total. The van der Waals surface area contributed by atoms with Gasteiger partial charge in [0.25, 0.3) is 0 Å². The number of nitrogens with one attached hydrogen (secondary N) is 1. The zero-order chi connectivity index (χ0) is 12.3. The van der Waals surface area contributed by atoms with Crippen molar-refractivity contribution in [2.75, 3.05) is 6.54 Å². The largest absolute Gasteiger partial charge is 0.401 e. The summed E-state index contributed by atoms with van der Waals surface area (Å²) in [5, 5.41) is 2.21. The number of halogens is 6. The fraction of sp³-hybridized carbons (Fsp3) is 1.00. The lowest BCUT2D eigenvalue weighted by molar-refractivity contribution is -0.291. The topological polar surface area (TPSA) is 12.0 Å². The summed E-state index contributed by atoms with van der Waals surface area (Å²) in [4.78, 5) is 0. The minimum Gasteiger partial charge on any atom is -0.313 e. The van der Waals surface area contributed by atoms with E-state index in [1.54, 1.807) is 0 Å². The zero-order valence-electron chi connectivity index (χ0n) is 8.34. The van der Waals surface area contributed by atoms with Crippen LogP contribution in [0.1, 0.15) is 20.3 Å². The van der Waals surface area contributed by atoms with Crippen molar-refractivity contribution in [1.29, 1.82) is 0 Å². The third kappa shape index (κ3) is 4.27. The van der Waals surface area contributed by atoms with Crippen LogP contribution in [0.4, 0.5) is 26.3 Å². The Labute approximate surface area is 83.8 Å². The number of rotatable bonds is 4. The predicted molar refractivity (Wildman–Crippen MR) is 43.4 cm³/mol. The second-order valence-corrected chi connectivity index (χ2v) is 3.13. The lowest BCUT2D eigenvalue weighted by Crippen LogP contribution is -2.50. The highest BCUT2D eigenvalue weighted by Crippen LogP contribution is 2.41. The third-order valence-electron chi connectivity index (χ3n) is 2.01. The molecule has 15 heavy (non-hydrogen) atoms. The first-order chi connectivity index (χ1) is 6.64. The first-order valence-corrected chi connectivity index (χ1v) is 4.51. The number of alkyl halides is 6. The molecule has 0 aromatic heterocycles. The van der Waals surface area contributed by atoms with Crippen LogP contribution in [0.25, 0.3) is 0 Å². The van der Waals surface area contributed by atoms with Gasteiger partial charge in [-0.15, -0.1) is 0 Å². The maximum absolute atomic E-state index is 12.2. The summed E-state index contributed by atoms with van der Waals surface area (Å²) in [6.45, 7) is 2.82. The van der Waals surface area contributed by atoms with E-state index in [9.17, 15) is 26.3 Å². The van der Waals surface area contributed by atoms with Crippen molar-refractivity contribution in [2.45, 2.75) is 38.7 Å². The molecule has 0 aliphatic rings. The number of hydrogen-bond acceptors (Lipinski definition) is 1. The van der Waals surface area contributed by atoms with Gasteiger partial charge in [-0.3, -0.25) is 0 Å². The lowest BCUT2D eigenvalue weighted by Gasteiger charge is -2.30. The van der Waals surface area contributed by atoms with Gasteiger partial charge in [0, 0.05) is 6.04 Å². The van der Waals surface area contributed by atoms with Crippen LogP contribution < -0.4 is 5.32 Å². The molecule has 0 fully saturated rings. The van der Waals surface area contributed by atoms with Crippen molar-refractivity contribution in [3.63, 3.8) is 0 Å². The summed E-state index contributed by atoms with van der Waals surface area (Å²) in [5.41, 5.74) is 0. The molecule has 0 aromatic carbocycles. The average molecular weight is 237 g/mol. The molecule has 0 rings (SSSR count). The zero-order valence-corrected chi connectivity index (χ0v) is 8.34. The van der Waals surface area contributed by atoms with Crippen LogP contribution in [-0.2, 0) is 0 Å². The molecule has 0 saturated heterocycles. The molecule has 1 N–H and O–H groups in total. The Bertz CT molecular complexity index is 171. The van der Waals surface area contributed by atoms with Crippen molar-refractivity contribution in [3.8, 4) is 0 Å². The van der Waals surface area contributed by atoms with Crippen LogP contribution in [0.15, 0.2) is 0 Å². The first kappa shape index (κ1) is 14.5. The van der Waals surface area contributed by atoms with E-state index in [1.165, 1.54) is 13.8 Å². The number of hydrogen-bond donors (Lipinski definition) is 1. The Balaban J connectivity index is 4.92. The van der Waals surface area contributed by atoms with Gasteiger partial charge in [-0.2, -0.15) is 26.3 Å². The first-order valence-electron chi connectivity index (χ1n) is 4.51. The molecule has 0 heterocycles. The van der Waals surface area contributed by atoms with Crippen molar-refractivity contribution < 1.29 is 26.3 Å². The Kier molecular flexibility index (Phi) is 4.89. The van der Waals surface area contributed by atoms with Gasteiger partial charge < -0.3 is 5.32 Å². The lowest BCUT2D eigenvalue weighted by atomic mass is 9.96. The molecule has 0 amide bonds. The molecule has 1 atom stereocenters. The van der Waals surface area contributed by atoms with E-state index >= 15 is 0 Å². The van der Waals surface area contributed by atoms with Crippen molar-refractivity contribution >= 4 is 0 Å². The van der Waals surface area contributed by atoms with Crippen LogP contribution in [0.3, 0.4) is 0 Å². The van der Waals surface area contributed by atoms with Gasteiger partial charge >= 0.3 is 12.4 Å². The van der Waals surface area contributed by atoms with Gasteiger partial charge in [-0.1, -0.05) is 13.8 Å². The summed E-state index contributed by atoms with van der Waals surface area (Å²) in [6.07, 6.45) is -10.8. The highest BCUT2D eigenvalue weighted by atomic mass is 19.4. The van der Waals surface area contributed by atoms with E-state index in [-0.39, 0.29) is 13.0 Å². The summed E-state index contributed by atoms with van der Waals surface area (Å²) in [7, 11) is 0. The molecular formula is C8H13F6N. The van der Waals surface area contributed by atoms with E-state index in [4.69, 9.17) is 0 Å². The van der Waals surface area contributed by atoms with Gasteiger partial charge in [0.15, 0.2) is 5.92 Å². The fourth-order valence-electron chi connectivity index (χ4n) is 1.40. The molecule has 0 spiro atoms. The quantitative estimate of drug-likeness (QED) is 0.741. The maximum atomic E-state index is 12.2. The van der Waals surface area contributed by atoms with E-state index in [0.29, 0.717) is 0 Å². The molecule has 0 saturated carbocycles. The molecule has 0 aromatic rings. The third-order valence-corrected chi connectivity index (χ3v) is 2.01. The molecular weight excluding hydrogens is 224 g/mol. The molecule has 0 aliphatic carbocycles. The fourth-order valence-corrected chi connectivity index (χ4v) is 1.40. The van der Waals surface area contributed by atoms with Gasteiger partial charge in [0.05, 0.1) is 0 Å². The predicted octanol–water partition coefficient (Wildman–Crippen LogP) is 3.12. The van der Waals surface area contributed by atoms with Crippen LogP contribution in [0.2, 0.25) is 0 Å². The normalized spacial score (nSPS) is 15.8. The van der Waals surface area contributed by atoms with Crippen LogP contribution in [-0.4, -0.2) is 24.9 Å². The van der Waals surface area contributed by atoms with Crippen molar-refractivity contribution in [3.05, 3.63) is 0 Å². The van der Waals surface area contributed by atoms with Crippen LogP contribution in [0, 0.1) is 5.92 Å². The molecule has 0 bridgehead atoms. The standard InChI is InChI=1S/C8H13F6N/c1-3-5(15-4-2)6(7(9,10)11)8(12,13)14/h5-6,15H,3-4H2,1-2H3. The van der Waals surface area contributed by atoms with Crippen molar-refractivity contribution in [2.24, 2.45) is 5.92 Å².